The van der Waals surface area contributed by atoms with Crippen LogP contribution in [0.2, 0.25) is 0 Å². The molecule has 0 fully saturated rings. The molecule has 1 aromatic rings. The maximum Gasteiger partial charge on any atom is 0.227 e. The Balaban J connectivity index is 2.54. The number of rotatable bonds is 7. The third-order valence-electron chi connectivity index (χ3n) is 3.13. The van der Waals surface area contributed by atoms with E-state index in [-0.39, 0.29) is 22.9 Å². The average molecular weight is 313 g/mol. The summed E-state index contributed by atoms with van der Waals surface area (Å²) in [7, 11) is -3.32. The van der Waals surface area contributed by atoms with Crippen LogP contribution in [0.25, 0.3) is 0 Å². The molecule has 1 heterocycles. The molecular weight excluding hydrogens is 290 g/mol. The minimum atomic E-state index is -3.32. The summed E-state index contributed by atoms with van der Waals surface area (Å²) < 4.78 is 22.6. The number of pyridine rings is 1. The summed E-state index contributed by atoms with van der Waals surface area (Å²) in [5, 5.41) is 2.72. The van der Waals surface area contributed by atoms with Gasteiger partial charge in [0.2, 0.25) is 5.91 Å². The number of sulfone groups is 1. The molecule has 2 unspecified atom stereocenters. The Kier molecular flexibility index (Phi) is 6.29. The SMILES string of the molecule is CC(N)CCCC(C)C(=O)Nc1ccc(S(C)(=O)=O)nc1. The van der Waals surface area contributed by atoms with Gasteiger partial charge in [-0.25, -0.2) is 13.4 Å². The Bertz CT molecular complexity index is 568. The lowest BCUT2D eigenvalue weighted by molar-refractivity contribution is -0.119. The van der Waals surface area contributed by atoms with E-state index in [2.05, 4.69) is 10.3 Å². The number of nitrogens with two attached hydrogens (primary N) is 1. The smallest absolute Gasteiger partial charge is 0.227 e. The second kappa shape index (κ2) is 7.51. The predicted molar refractivity (Wildman–Crippen MR) is 82.6 cm³/mol. The lowest BCUT2D eigenvalue weighted by atomic mass is 10.0. The highest BCUT2D eigenvalue weighted by molar-refractivity contribution is 7.90. The molecule has 0 bridgehead atoms. The Morgan fingerprint density at radius 2 is 2.00 bits per heavy atom. The number of hydrogen-bond acceptors (Lipinski definition) is 5. The maximum atomic E-state index is 12.0. The van der Waals surface area contributed by atoms with Gasteiger partial charge in [-0.15, -0.1) is 0 Å². The fourth-order valence-corrected chi connectivity index (χ4v) is 2.38. The van der Waals surface area contributed by atoms with Gasteiger partial charge in [0, 0.05) is 18.2 Å². The third kappa shape index (κ3) is 6.22. The van der Waals surface area contributed by atoms with Gasteiger partial charge in [-0.1, -0.05) is 13.3 Å². The van der Waals surface area contributed by atoms with Crippen LogP contribution in [-0.4, -0.2) is 31.6 Å². The van der Waals surface area contributed by atoms with Gasteiger partial charge in [0.1, 0.15) is 0 Å². The minimum Gasteiger partial charge on any atom is -0.328 e. The summed E-state index contributed by atoms with van der Waals surface area (Å²) in [6, 6.07) is 3.06. The summed E-state index contributed by atoms with van der Waals surface area (Å²) in [5.41, 5.74) is 6.16. The number of carbonyl (C=O) groups is 1. The van der Waals surface area contributed by atoms with Crippen LogP contribution in [-0.2, 0) is 14.6 Å². The standard InChI is InChI=1S/C14H23N3O3S/c1-10(5-4-6-11(2)15)14(18)17-12-7-8-13(16-9-12)21(3,19)20/h7-11H,4-6,15H2,1-3H3,(H,17,18). The van der Waals surface area contributed by atoms with Gasteiger partial charge in [-0.05, 0) is 31.9 Å². The van der Waals surface area contributed by atoms with Crippen molar-refractivity contribution in [1.82, 2.24) is 4.98 Å². The molecule has 1 rings (SSSR count). The molecule has 0 spiro atoms. The Morgan fingerprint density at radius 3 is 2.48 bits per heavy atom. The summed E-state index contributed by atoms with van der Waals surface area (Å²) in [6.07, 6.45) is 5.00. The Labute approximate surface area is 126 Å². The van der Waals surface area contributed by atoms with E-state index in [1.54, 1.807) is 0 Å². The molecule has 0 radical (unpaired) electrons. The topological polar surface area (TPSA) is 102 Å². The van der Waals surface area contributed by atoms with Crippen molar-refractivity contribution in [2.75, 3.05) is 11.6 Å². The normalized spacial score (nSPS) is 14.5. The molecule has 7 heteroatoms. The number of carbonyl (C=O) groups excluding carboxylic acids is 1. The molecule has 0 aliphatic rings. The minimum absolute atomic E-state index is 0.00881. The van der Waals surface area contributed by atoms with Crippen molar-refractivity contribution in [1.29, 1.82) is 0 Å². The monoisotopic (exact) mass is 313 g/mol. The van der Waals surface area contributed by atoms with Crippen LogP contribution in [0.5, 0.6) is 0 Å². The van der Waals surface area contributed by atoms with Crippen LogP contribution in [0.15, 0.2) is 23.4 Å². The lowest BCUT2D eigenvalue weighted by Crippen LogP contribution is -2.21. The molecule has 2 atom stereocenters. The molecule has 118 valence electrons. The molecule has 0 aliphatic carbocycles. The van der Waals surface area contributed by atoms with Gasteiger partial charge in [-0.2, -0.15) is 0 Å². The Hall–Kier alpha value is -1.47. The molecule has 21 heavy (non-hydrogen) atoms. The van der Waals surface area contributed by atoms with Gasteiger partial charge in [0.15, 0.2) is 14.9 Å². The number of nitrogens with one attached hydrogen (secondary N) is 1. The van der Waals surface area contributed by atoms with Crippen molar-refractivity contribution in [2.45, 2.75) is 44.2 Å². The van der Waals surface area contributed by atoms with E-state index in [9.17, 15) is 13.2 Å². The zero-order valence-corrected chi connectivity index (χ0v) is 13.5. The molecule has 6 nitrogen and oxygen atoms in total. The van der Waals surface area contributed by atoms with Gasteiger partial charge in [-0.3, -0.25) is 4.79 Å². The van der Waals surface area contributed by atoms with E-state index in [0.29, 0.717) is 5.69 Å². The molecule has 0 aromatic carbocycles. The number of nitrogens with zero attached hydrogens (tertiary/aromatic N) is 1. The highest BCUT2D eigenvalue weighted by atomic mass is 32.2. The molecular formula is C14H23N3O3S. The molecule has 0 aliphatic heterocycles. The largest absolute Gasteiger partial charge is 0.328 e. The number of anilines is 1. The lowest BCUT2D eigenvalue weighted by Gasteiger charge is -2.13. The maximum absolute atomic E-state index is 12.0. The number of aromatic nitrogens is 1. The van der Waals surface area contributed by atoms with Crippen LogP contribution in [0.3, 0.4) is 0 Å². The zero-order chi connectivity index (χ0) is 16.0. The first-order valence-electron chi connectivity index (χ1n) is 6.92. The van der Waals surface area contributed by atoms with Crippen LogP contribution in [0.1, 0.15) is 33.1 Å². The molecule has 3 N–H and O–H groups in total. The van der Waals surface area contributed by atoms with Crippen LogP contribution >= 0.6 is 0 Å². The first kappa shape index (κ1) is 17.6. The van der Waals surface area contributed by atoms with E-state index in [4.69, 9.17) is 5.73 Å². The highest BCUT2D eigenvalue weighted by Gasteiger charge is 2.14. The van der Waals surface area contributed by atoms with Crippen molar-refractivity contribution >= 4 is 21.4 Å². The zero-order valence-electron chi connectivity index (χ0n) is 12.7. The summed E-state index contributed by atoms with van der Waals surface area (Å²) in [5.74, 6) is -0.230. The summed E-state index contributed by atoms with van der Waals surface area (Å²) in [4.78, 5) is 15.8. The first-order valence-corrected chi connectivity index (χ1v) is 8.82. The van der Waals surface area contributed by atoms with Crippen molar-refractivity contribution in [3.05, 3.63) is 18.3 Å². The van der Waals surface area contributed by atoms with Gasteiger partial charge >= 0.3 is 0 Å². The van der Waals surface area contributed by atoms with Crippen LogP contribution in [0.4, 0.5) is 5.69 Å². The van der Waals surface area contributed by atoms with Gasteiger partial charge in [0.25, 0.3) is 0 Å². The molecule has 1 aromatic heterocycles. The van der Waals surface area contributed by atoms with Crippen molar-refractivity contribution in [3.8, 4) is 0 Å². The molecule has 0 saturated carbocycles. The van der Waals surface area contributed by atoms with Crippen molar-refractivity contribution in [3.63, 3.8) is 0 Å². The fourth-order valence-electron chi connectivity index (χ4n) is 1.82. The van der Waals surface area contributed by atoms with Crippen molar-refractivity contribution < 1.29 is 13.2 Å². The number of amides is 1. The third-order valence-corrected chi connectivity index (χ3v) is 4.13. The van der Waals surface area contributed by atoms with E-state index in [1.807, 2.05) is 13.8 Å². The van der Waals surface area contributed by atoms with Gasteiger partial charge in [0.05, 0.1) is 11.9 Å². The summed E-state index contributed by atoms with van der Waals surface area (Å²) in [6.45, 7) is 3.80. The number of hydrogen-bond donors (Lipinski definition) is 2. The fraction of sp³-hybridized carbons (Fsp3) is 0.571. The first-order chi connectivity index (χ1) is 9.70. The Morgan fingerprint density at radius 1 is 1.33 bits per heavy atom. The van der Waals surface area contributed by atoms with Gasteiger partial charge < -0.3 is 11.1 Å². The van der Waals surface area contributed by atoms with E-state index >= 15 is 0 Å². The molecule has 0 saturated heterocycles. The van der Waals surface area contributed by atoms with Crippen molar-refractivity contribution in [2.24, 2.45) is 11.7 Å². The van der Waals surface area contributed by atoms with E-state index < -0.39 is 9.84 Å². The predicted octanol–water partition coefficient (Wildman–Crippen LogP) is 1.58. The average Bonchev–Trinajstić information content (AvgIpc) is 2.37. The van der Waals surface area contributed by atoms with Crippen LogP contribution < -0.4 is 11.1 Å². The summed E-state index contributed by atoms with van der Waals surface area (Å²) >= 11 is 0. The van der Waals surface area contributed by atoms with E-state index in [0.717, 1.165) is 25.5 Å². The van der Waals surface area contributed by atoms with E-state index in [1.165, 1.54) is 18.3 Å². The van der Waals surface area contributed by atoms with Crippen LogP contribution in [0, 0.1) is 5.92 Å². The quantitative estimate of drug-likeness (QED) is 0.795. The molecule has 1 amide bonds. The highest BCUT2D eigenvalue weighted by Crippen LogP contribution is 2.14. The second-order valence-corrected chi connectivity index (χ2v) is 7.42. The second-order valence-electron chi connectivity index (χ2n) is 5.46.